The molecule has 7 nitrogen and oxygen atoms in total. The van der Waals surface area contributed by atoms with Gasteiger partial charge in [-0.3, -0.25) is 14.6 Å². The summed E-state index contributed by atoms with van der Waals surface area (Å²) in [6.45, 7) is 2.55. The first kappa shape index (κ1) is 24.8. The van der Waals surface area contributed by atoms with Crippen molar-refractivity contribution in [3.8, 4) is 11.5 Å². The molecule has 0 bridgehead atoms. The van der Waals surface area contributed by atoms with Gasteiger partial charge in [0.15, 0.2) is 0 Å². The van der Waals surface area contributed by atoms with Crippen LogP contribution in [-0.2, 0) is 22.7 Å². The van der Waals surface area contributed by atoms with Crippen LogP contribution in [0.1, 0.15) is 33.9 Å². The van der Waals surface area contributed by atoms with E-state index in [4.69, 9.17) is 4.74 Å². The number of aromatic hydroxyl groups is 1. The summed E-state index contributed by atoms with van der Waals surface area (Å²) in [5.41, 5.74) is 3.81. The topological polar surface area (TPSA) is 100.0 Å². The van der Waals surface area contributed by atoms with E-state index in [0.717, 1.165) is 16.7 Å². The molecular weight excluding hydrogens is 480 g/mol. The molecule has 4 aromatic rings. The van der Waals surface area contributed by atoms with Crippen molar-refractivity contribution < 1.29 is 24.5 Å². The van der Waals surface area contributed by atoms with Crippen molar-refractivity contribution in [2.75, 3.05) is 0 Å². The van der Waals surface area contributed by atoms with Gasteiger partial charge in [-0.1, -0.05) is 42.0 Å². The number of ether oxygens (including phenoxy) is 1. The van der Waals surface area contributed by atoms with Gasteiger partial charge in [0.25, 0.3) is 11.7 Å². The number of ketones is 1. The number of carbonyl (C=O) groups excluding carboxylic acids is 2. The Morgan fingerprint density at radius 1 is 0.921 bits per heavy atom. The van der Waals surface area contributed by atoms with Crippen LogP contribution in [0.5, 0.6) is 11.5 Å². The molecule has 1 amide bonds. The van der Waals surface area contributed by atoms with E-state index in [-0.39, 0.29) is 23.6 Å². The molecule has 190 valence electrons. The van der Waals surface area contributed by atoms with Crippen molar-refractivity contribution in [2.45, 2.75) is 26.1 Å². The Bertz CT molecular complexity index is 1510. The van der Waals surface area contributed by atoms with E-state index in [1.165, 1.54) is 17.0 Å². The van der Waals surface area contributed by atoms with Crippen LogP contribution in [0.15, 0.2) is 103 Å². The minimum absolute atomic E-state index is 0.00731. The number of Topliss-reactive ketones (excluding diaryl/α,β-unsaturated/α-hetero) is 1. The first-order valence-corrected chi connectivity index (χ1v) is 12.2. The number of nitrogens with zero attached hydrogens (tertiary/aromatic N) is 2. The molecule has 1 atom stereocenters. The maximum absolute atomic E-state index is 13.2. The normalized spacial score (nSPS) is 16.6. The summed E-state index contributed by atoms with van der Waals surface area (Å²) in [5.74, 6) is -1.21. The molecule has 1 aliphatic heterocycles. The zero-order chi connectivity index (χ0) is 26.6. The number of pyridine rings is 1. The molecule has 2 N–H and O–H groups in total. The number of carbonyl (C=O) groups is 2. The summed E-state index contributed by atoms with van der Waals surface area (Å²) in [6, 6.07) is 23.7. The number of phenols is 1. The van der Waals surface area contributed by atoms with E-state index in [2.05, 4.69) is 4.98 Å². The van der Waals surface area contributed by atoms with Crippen LogP contribution in [0, 0.1) is 6.92 Å². The highest BCUT2D eigenvalue weighted by atomic mass is 16.5. The van der Waals surface area contributed by atoms with E-state index < -0.39 is 17.7 Å². The number of hydrogen-bond acceptors (Lipinski definition) is 6. The van der Waals surface area contributed by atoms with Crippen LogP contribution in [0.4, 0.5) is 0 Å². The Morgan fingerprint density at radius 3 is 2.37 bits per heavy atom. The van der Waals surface area contributed by atoms with Gasteiger partial charge in [-0.15, -0.1) is 0 Å². The zero-order valence-corrected chi connectivity index (χ0v) is 20.7. The summed E-state index contributed by atoms with van der Waals surface area (Å²) in [7, 11) is 0. The fourth-order valence-electron chi connectivity index (χ4n) is 4.60. The van der Waals surface area contributed by atoms with Crippen LogP contribution >= 0.6 is 0 Å². The van der Waals surface area contributed by atoms with Gasteiger partial charge >= 0.3 is 0 Å². The molecule has 0 saturated carbocycles. The number of likely N-dealkylation sites (tertiary alicyclic amines) is 1. The molecular formula is C31H26N2O5. The molecule has 0 spiro atoms. The lowest BCUT2D eigenvalue weighted by Crippen LogP contribution is -2.29. The number of hydrogen-bond donors (Lipinski definition) is 2. The zero-order valence-electron chi connectivity index (χ0n) is 20.7. The SMILES string of the molecule is Cc1cccc(COc2ccc(/C(O)=C3/C(=O)C(=O)N(Cc4ccncc4)C3c3cccc(O)c3)cc2)c1. The average molecular weight is 507 g/mol. The summed E-state index contributed by atoms with van der Waals surface area (Å²) in [5, 5.41) is 21.4. The molecule has 1 aromatic heterocycles. The molecule has 1 aliphatic rings. The van der Waals surface area contributed by atoms with Gasteiger partial charge in [-0.05, 0) is 72.1 Å². The molecule has 1 fully saturated rings. The molecule has 5 rings (SSSR count). The summed E-state index contributed by atoms with van der Waals surface area (Å²) in [4.78, 5) is 31.8. The van der Waals surface area contributed by atoms with Crippen LogP contribution in [0.25, 0.3) is 5.76 Å². The Hall–Kier alpha value is -4.91. The monoisotopic (exact) mass is 506 g/mol. The number of aryl methyl sites for hydroxylation is 1. The van der Waals surface area contributed by atoms with E-state index in [1.54, 1.807) is 60.9 Å². The van der Waals surface area contributed by atoms with Gasteiger partial charge in [0, 0.05) is 24.5 Å². The number of rotatable bonds is 7. The van der Waals surface area contributed by atoms with E-state index in [9.17, 15) is 19.8 Å². The first-order valence-electron chi connectivity index (χ1n) is 12.2. The molecule has 0 radical (unpaired) electrons. The summed E-state index contributed by atoms with van der Waals surface area (Å²) >= 11 is 0. The molecule has 1 unspecified atom stereocenters. The van der Waals surface area contributed by atoms with E-state index in [1.807, 2.05) is 31.2 Å². The van der Waals surface area contributed by atoms with Crippen molar-refractivity contribution in [3.05, 3.63) is 131 Å². The van der Waals surface area contributed by atoms with Crippen LogP contribution in [0.3, 0.4) is 0 Å². The lowest BCUT2D eigenvalue weighted by atomic mass is 9.95. The minimum atomic E-state index is -0.882. The maximum atomic E-state index is 13.2. The van der Waals surface area contributed by atoms with E-state index in [0.29, 0.717) is 23.5 Å². The van der Waals surface area contributed by atoms with Crippen molar-refractivity contribution in [1.29, 1.82) is 0 Å². The highest BCUT2D eigenvalue weighted by Crippen LogP contribution is 2.41. The van der Waals surface area contributed by atoms with Crippen molar-refractivity contribution in [1.82, 2.24) is 9.88 Å². The molecule has 0 aliphatic carbocycles. The second-order valence-electron chi connectivity index (χ2n) is 9.18. The van der Waals surface area contributed by atoms with Crippen molar-refractivity contribution in [3.63, 3.8) is 0 Å². The lowest BCUT2D eigenvalue weighted by molar-refractivity contribution is -0.140. The smallest absolute Gasteiger partial charge is 0.295 e. The molecule has 1 saturated heterocycles. The third-order valence-electron chi connectivity index (χ3n) is 6.44. The van der Waals surface area contributed by atoms with Gasteiger partial charge < -0.3 is 19.8 Å². The number of amides is 1. The highest BCUT2D eigenvalue weighted by Gasteiger charge is 2.46. The third kappa shape index (κ3) is 5.13. The Kier molecular flexibility index (Phi) is 6.91. The van der Waals surface area contributed by atoms with Gasteiger partial charge in [0.05, 0.1) is 11.6 Å². The Labute approximate surface area is 220 Å². The second kappa shape index (κ2) is 10.6. The number of aliphatic hydroxyl groups is 1. The van der Waals surface area contributed by atoms with Gasteiger partial charge in [0.2, 0.25) is 0 Å². The molecule has 2 heterocycles. The van der Waals surface area contributed by atoms with Gasteiger partial charge in [-0.2, -0.15) is 0 Å². The number of aliphatic hydroxyl groups excluding tert-OH is 1. The number of aromatic nitrogens is 1. The fourth-order valence-corrected chi connectivity index (χ4v) is 4.60. The standard InChI is InChI=1S/C31H26N2O5/c1-20-4-2-5-22(16-20)19-38-26-10-8-23(9-11-26)29(35)27-28(24-6-3-7-25(34)17-24)33(31(37)30(27)36)18-21-12-14-32-15-13-21/h2-17,28,34-35H,18-19H2,1H3/b29-27-. The largest absolute Gasteiger partial charge is 0.508 e. The van der Waals surface area contributed by atoms with E-state index >= 15 is 0 Å². The predicted octanol–water partition coefficient (Wildman–Crippen LogP) is 5.30. The molecule has 38 heavy (non-hydrogen) atoms. The maximum Gasteiger partial charge on any atom is 0.295 e. The van der Waals surface area contributed by atoms with Crippen molar-refractivity contribution >= 4 is 17.4 Å². The summed E-state index contributed by atoms with van der Waals surface area (Å²) < 4.78 is 5.87. The lowest BCUT2D eigenvalue weighted by Gasteiger charge is -2.25. The summed E-state index contributed by atoms with van der Waals surface area (Å²) in [6.07, 6.45) is 3.22. The predicted molar refractivity (Wildman–Crippen MR) is 142 cm³/mol. The Morgan fingerprint density at radius 2 is 1.66 bits per heavy atom. The van der Waals surface area contributed by atoms with Gasteiger partial charge in [0.1, 0.15) is 23.9 Å². The molecule has 7 heteroatoms. The molecule has 3 aromatic carbocycles. The van der Waals surface area contributed by atoms with Crippen molar-refractivity contribution in [2.24, 2.45) is 0 Å². The second-order valence-corrected chi connectivity index (χ2v) is 9.18. The van der Waals surface area contributed by atoms with Crippen LogP contribution in [-0.4, -0.2) is 31.8 Å². The van der Waals surface area contributed by atoms with Gasteiger partial charge in [-0.25, -0.2) is 0 Å². The first-order chi connectivity index (χ1) is 18.4. The third-order valence-corrected chi connectivity index (χ3v) is 6.44. The fraction of sp³-hybridized carbons (Fsp3) is 0.129. The number of phenolic OH excluding ortho intramolecular Hbond substituents is 1. The number of benzene rings is 3. The van der Waals surface area contributed by atoms with Crippen LogP contribution < -0.4 is 4.74 Å². The highest BCUT2D eigenvalue weighted by molar-refractivity contribution is 6.46. The Balaban J connectivity index is 1.47. The quantitative estimate of drug-likeness (QED) is 0.201. The van der Waals surface area contributed by atoms with Crippen LogP contribution in [0.2, 0.25) is 0 Å². The minimum Gasteiger partial charge on any atom is -0.508 e. The average Bonchev–Trinajstić information content (AvgIpc) is 3.17.